The third kappa shape index (κ3) is 6.30. The summed E-state index contributed by atoms with van der Waals surface area (Å²) in [5, 5.41) is 16.0. The quantitative estimate of drug-likeness (QED) is 0.283. The van der Waals surface area contributed by atoms with Crippen molar-refractivity contribution in [2.24, 2.45) is 0 Å². The summed E-state index contributed by atoms with van der Waals surface area (Å²) in [4.78, 5) is 33.7. The number of carbonyl (C=O) groups excluding carboxylic acids is 1. The second kappa shape index (κ2) is 10.9. The summed E-state index contributed by atoms with van der Waals surface area (Å²) in [6.07, 6.45) is 1.06. The Labute approximate surface area is 207 Å². The number of rotatable bonds is 9. The van der Waals surface area contributed by atoms with Crippen LogP contribution < -0.4 is 10.6 Å². The first-order chi connectivity index (χ1) is 16.9. The Bertz CT molecular complexity index is 1330. The van der Waals surface area contributed by atoms with Gasteiger partial charge < -0.3 is 15.7 Å². The normalized spacial score (nSPS) is 10.7. The molecule has 2 heterocycles. The van der Waals surface area contributed by atoms with E-state index in [-0.39, 0.29) is 12.3 Å². The van der Waals surface area contributed by atoms with Crippen molar-refractivity contribution in [3.05, 3.63) is 89.1 Å². The molecule has 0 aliphatic rings. The summed E-state index contributed by atoms with van der Waals surface area (Å²) in [5.41, 5.74) is 4.40. The van der Waals surface area contributed by atoms with E-state index >= 15 is 0 Å². The van der Waals surface area contributed by atoms with Crippen molar-refractivity contribution in [3.8, 4) is 10.7 Å². The molecule has 2 aromatic heterocycles. The smallest absolute Gasteiger partial charge is 0.307 e. The van der Waals surface area contributed by atoms with E-state index in [0.29, 0.717) is 18.1 Å². The van der Waals surface area contributed by atoms with Gasteiger partial charge >= 0.3 is 5.97 Å². The summed E-state index contributed by atoms with van der Waals surface area (Å²) < 4.78 is 0. The van der Waals surface area contributed by atoms with Crippen LogP contribution >= 0.6 is 11.3 Å². The second-order valence-electron chi connectivity index (χ2n) is 8.08. The van der Waals surface area contributed by atoms with Crippen LogP contribution in [0.2, 0.25) is 0 Å². The van der Waals surface area contributed by atoms with Gasteiger partial charge in [0.2, 0.25) is 5.91 Å². The highest BCUT2D eigenvalue weighted by Crippen LogP contribution is 2.32. The lowest BCUT2D eigenvalue weighted by atomic mass is 10.1. The van der Waals surface area contributed by atoms with Gasteiger partial charge in [0.05, 0.1) is 22.7 Å². The van der Waals surface area contributed by atoms with Gasteiger partial charge in [0.25, 0.3) is 0 Å². The number of amides is 1. The molecule has 1 amide bonds. The number of thiophene rings is 1. The van der Waals surface area contributed by atoms with Crippen LogP contribution in [-0.2, 0) is 28.9 Å². The number of nitrogens with zero attached hydrogens (tertiary/aromatic N) is 2. The number of benzene rings is 2. The zero-order chi connectivity index (χ0) is 24.8. The molecule has 7 nitrogen and oxygen atoms in total. The Morgan fingerprint density at radius 3 is 2.31 bits per heavy atom. The van der Waals surface area contributed by atoms with E-state index in [1.807, 2.05) is 61.5 Å². The molecule has 0 bridgehead atoms. The Kier molecular flexibility index (Phi) is 7.52. The first-order valence-corrected chi connectivity index (χ1v) is 12.1. The minimum atomic E-state index is -0.860. The Morgan fingerprint density at radius 1 is 0.914 bits per heavy atom. The number of carboxylic acids is 1. The molecule has 2 aromatic carbocycles. The van der Waals surface area contributed by atoms with E-state index in [2.05, 4.69) is 17.6 Å². The van der Waals surface area contributed by atoms with Crippen LogP contribution in [0.25, 0.3) is 10.7 Å². The first kappa shape index (κ1) is 24.1. The summed E-state index contributed by atoms with van der Waals surface area (Å²) in [6, 6.07) is 20.7. The van der Waals surface area contributed by atoms with Crippen molar-refractivity contribution >= 4 is 39.7 Å². The fourth-order valence-electron chi connectivity index (χ4n) is 3.74. The number of aromatic nitrogens is 2. The number of carbonyl (C=O) groups is 2. The number of nitrogens with one attached hydrogen (secondary N) is 2. The van der Waals surface area contributed by atoms with Crippen LogP contribution in [-0.4, -0.2) is 27.0 Å². The van der Waals surface area contributed by atoms with Crippen LogP contribution in [0.4, 0.5) is 16.5 Å². The average Bonchev–Trinajstić information content (AvgIpc) is 3.29. The fraction of sp³-hybridized carbons (Fsp3) is 0.185. The molecule has 3 N–H and O–H groups in total. The molecule has 8 heteroatoms. The van der Waals surface area contributed by atoms with Crippen molar-refractivity contribution < 1.29 is 14.7 Å². The monoisotopic (exact) mass is 486 g/mol. The largest absolute Gasteiger partial charge is 0.481 e. The van der Waals surface area contributed by atoms with Crippen LogP contribution in [0, 0.1) is 6.92 Å². The Morgan fingerprint density at radius 2 is 1.63 bits per heavy atom. The van der Waals surface area contributed by atoms with Gasteiger partial charge in [-0.3, -0.25) is 9.59 Å². The minimum Gasteiger partial charge on any atom is -0.481 e. The lowest BCUT2D eigenvalue weighted by molar-refractivity contribution is -0.136. The highest BCUT2D eigenvalue weighted by molar-refractivity contribution is 7.19. The van der Waals surface area contributed by atoms with E-state index in [4.69, 9.17) is 15.1 Å². The maximum Gasteiger partial charge on any atom is 0.307 e. The van der Waals surface area contributed by atoms with Gasteiger partial charge in [-0.25, -0.2) is 9.97 Å². The molecule has 0 saturated heterocycles. The molecule has 0 unspecified atom stereocenters. The van der Waals surface area contributed by atoms with Gasteiger partial charge in [0.15, 0.2) is 5.82 Å². The molecule has 35 heavy (non-hydrogen) atoms. The van der Waals surface area contributed by atoms with Gasteiger partial charge in [-0.05, 0) is 48.7 Å². The number of anilines is 3. The standard InChI is InChI=1S/C27H26N4O3S/c1-3-21-17(2)28-27(31-26(21)29-20-11-9-19(10-12-20)16-25(33)34)22-13-14-24(35-22)30-23(32)15-18-7-5-4-6-8-18/h4-14H,3,15-16H2,1-2H3,(H,30,32)(H,33,34)(H,28,29,31). The van der Waals surface area contributed by atoms with E-state index in [1.54, 1.807) is 12.1 Å². The molecule has 178 valence electrons. The number of aryl methyl sites for hydroxylation is 1. The summed E-state index contributed by atoms with van der Waals surface area (Å²) >= 11 is 1.43. The zero-order valence-corrected chi connectivity index (χ0v) is 20.4. The minimum absolute atomic E-state index is 0.0140. The number of hydrogen-bond donors (Lipinski definition) is 3. The molecule has 0 aliphatic carbocycles. The maximum absolute atomic E-state index is 12.4. The summed E-state index contributed by atoms with van der Waals surface area (Å²) in [6.45, 7) is 4.01. The van der Waals surface area contributed by atoms with Crippen LogP contribution in [0.15, 0.2) is 66.7 Å². The number of hydrogen-bond acceptors (Lipinski definition) is 6. The lowest BCUT2D eigenvalue weighted by Gasteiger charge is -2.14. The number of carboxylic acid groups (broad SMARTS) is 1. The van der Waals surface area contributed by atoms with Crippen molar-refractivity contribution in [3.63, 3.8) is 0 Å². The zero-order valence-electron chi connectivity index (χ0n) is 19.5. The summed E-state index contributed by atoms with van der Waals surface area (Å²) in [7, 11) is 0. The highest BCUT2D eigenvalue weighted by Gasteiger charge is 2.15. The van der Waals surface area contributed by atoms with Gasteiger partial charge in [-0.1, -0.05) is 49.4 Å². The van der Waals surface area contributed by atoms with Crippen LogP contribution in [0.1, 0.15) is 29.3 Å². The third-order valence-electron chi connectivity index (χ3n) is 5.44. The van der Waals surface area contributed by atoms with E-state index < -0.39 is 5.97 Å². The third-order valence-corrected chi connectivity index (χ3v) is 6.43. The van der Waals surface area contributed by atoms with Crippen LogP contribution in [0.3, 0.4) is 0 Å². The molecule has 0 aliphatic heterocycles. The molecular formula is C27H26N4O3S. The van der Waals surface area contributed by atoms with Crippen molar-refractivity contribution in [2.75, 3.05) is 10.6 Å². The molecule has 0 saturated carbocycles. The molecule has 4 rings (SSSR count). The second-order valence-corrected chi connectivity index (χ2v) is 9.16. The van der Waals surface area contributed by atoms with Gasteiger partial charge in [0, 0.05) is 16.9 Å². The van der Waals surface area contributed by atoms with Gasteiger partial charge in [-0.2, -0.15) is 0 Å². The predicted molar refractivity (Wildman–Crippen MR) is 139 cm³/mol. The van der Waals surface area contributed by atoms with E-state index in [1.165, 1.54) is 11.3 Å². The Hall–Kier alpha value is -4.04. The molecule has 0 radical (unpaired) electrons. The van der Waals surface area contributed by atoms with Crippen molar-refractivity contribution in [2.45, 2.75) is 33.1 Å². The molecule has 4 aromatic rings. The molecule has 0 fully saturated rings. The first-order valence-electron chi connectivity index (χ1n) is 11.3. The van der Waals surface area contributed by atoms with Crippen LogP contribution in [0.5, 0.6) is 0 Å². The topological polar surface area (TPSA) is 104 Å². The predicted octanol–water partition coefficient (Wildman–Crippen LogP) is 5.63. The SMILES string of the molecule is CCc1c(C)nc(-c2ccc(NC(=O)Cc3ccccc3)s2)nc1Nc1ccc(CC(=O)O)cc1. The maximum atomic E-state index is 12.4. The molecular weight excluding hydrogens is 460 g/mol. The highest BCUT2D eigenvalue weighted by atomic mass is 32.1. The van der Waals surface area contributed by atoms with Gasteiger partial charge in [0.1, 0.15) is 5.82 Å². The fourth-order valence-corrected chi connectivity index (χ4v) is 4.59. The van der Waals surface area contributed by atoms with Gasteiger partial charge in [-0.15, -0.1) is 11.3 Å². The average molecular weight is 487 g/mol. The number of aliphatic carboxylic acids is 1. The van der Waals surface area contributed by atoms with E-state index in [9.17, 15) is 9.59 Å². The van der Waals surface area contributed by atoms with Crippen molar-refractivity contribution in [1.29, 1.82) is 0 Å². The summed E-state index contributed by atoms with van der Waals surface area (Å²) in [5.74, 6) is 0.362. The van der Waals surface area contributed by atoms with E-state index in [0.717, 1.165) is 44.4 Å². The lowest BCUT2D eigenvalue weighted by Crippen LogP contribution is -2.13. The Balaban J connectivity index is 1.52. The molecule has 0 atom stereocenters. The molecule has 0 spiro atoms. The van der Waals surface area contributed by atoms with Crippen molar-refractivity contribution in [1.82, 2.24) is 9.97 Å².